The van der Waals surface area contributed by atoms with Crippen molar-refractivity contribution in [3.8, 4) is 0 Å². The molecule has 2 heterocycles. The molecule has 0 aliphatic carbocycles. The van der Waals surface area contributed by atoms with Gasteiger partial charge < -0.3 is 13.9 Å². The van der Waals surface area contributed by atoms with Crippen molar-refractivity contribution in [1.82, 2.24) is 0 Å². The van der Waals surface area contributed by atoms with Crippen molar-refractivity contribution in [2.75, 3.05) is 6.61 Å². The lowest BCUT2D eigenvalue weighted by Gasteiger charge is -2.06. The molecule has 116 valence electrons. The third-order valence-electron chi connectivity index (χ3n) is 4.15. The van der Waals surface area contributed by atoms with Crippen LogP contribution < -0.4 is 0 Å². The molecule has 0 radical (unpaired) electrons. The molecule has 1 aliphatic rings. The van der Waals surface area contributed by atoms with Crippen molar-refractivity contribution >= 4 is 33.7 Å². The Labute approximate surface area is 131 Å². The second-order valence-electron chi connectivity index (χ2n) is 5.57. The number of benzene rings is 2. The number of carbonyl (C=O) groups is 2. The monoisotopic (exact) mass is 310 g/mol. The maximum Gasteiger partial charge on any atom is 0.375 e. The van der Waals surface area contributed by atoms with Crippen molar-refractivity contribution in [2.24, 2.45) is 0 Å². The highest BCUT2D eigenvalue weighted by Gasteiger charge is 2.32. The van der Waals surface area contributed by atoms with Crippen LogP contribution in [0.1, 0.15) is 22.5 Å². The quantitative estimate of drug-likeness (QED) is 0.679. The van der Waals surface area contributed by atoms with E-state index in [2.05, 4.69) is 0 Å². The van der Waals surface area contributed by atoms with E-state index in [9.17, 15) is 9.59 Å². The fourth-order valence-corrected chi connectivity index (χ4v) is 2.91. The van der Waals surface area contributed by atoms with Gasteiger partial charge in [0.15, 0.2) is 0 Å². The summed E-state index contributed by atoms with van der Waals surface area (Å²) in [7, 11) is 0. The largest absolute Gasteiger partial charge is 0.463 e. The number of carbonyl (C=O) groups excluding carboxylic acids is 2. The van der Waals surface area contributed by atoms with Crippen LogP contribution in [0.4, 0.5) is 0 Å². The molecule has 4 rings (SSSR count). The molecule has 2 aromatic carbocycles. The Morgan fingerprint density at radius 2 is 2.00 bits per heavy atom. The first-order chi connectivity index (χ1) is 11.1. The highest BCUT2D eigenvalue weighted by molar-refractivity contribution is 6.08. The fourth-order valence-electron chi connectivity index (χ4n) is 2.91. The normalized spacial score (nSPS) is 17.6. The van der Waals surface area contributed by atoms with Crippen molar-refractivity contribution in [3.05, 3.63) is 47.7 Å². The summed E-state index contributed by atoms with van der Waals surface area (Å²) < 4.78 is 15.8. The SMILES string of the molecule is Cc1c(C(=O)O[C@H]2CCOC2=O)oc2c1ccc1ccccc12. The van der Waals surface area contributed by atoms with Gasteiger partial charge in [0, 0.05) is 22.8 Å². The van der Waals surface area contributed by atoms with E-state index in [1.165, 1.54) is 0 Å². The first kappa shape index (κ1) is 13.8. The Hall–Kier alpha value is -2.82. The molecule has 0 saturated carbocycles. The molecule has 0 spiro atoms. The van der Waals surface area contributed by atoms with Gasteiger partial charge in [-0.1, -0.05) is 36.4 Å². The minimum atomic E-state index is -0.841. The van der Waals surface area contributed by atoms with E-state index in [0.29, 0.717) is 17.6 Å². The molecule has 0 bridgehead atoms. The van der Waals surface area contributed by atoms with Crippen LogP contribution in [0.15, 0.2) is 40.8 Å². The van der Waals surface area contributed by atoms with Crippen LogP contribution in [0, 0.1) is 6.92 Å². The van der Waals surface area contributed by atoms with Crippen LogP contribution in [0.25, 0.3) is 21.7 Å². The lowest BCUT2D eigenvalue weighted by molar-refractivity contribution is -0.145. The number of hydrogen-bond donors (Lipinski definition) is 0. The van der Waals surface area contributed by atoms with Crippen molar-refractivity contribution in [1.29, 1.82) is 0 Å². The second-order valence-corrected chi connectivity index (χ2v) is 5.57. The number of rotatable bonds is 2. The summed E-state index contributed by atoms with van der Waals surface area (Å²) in [5.74, 6) is -1.000. The van der Waals surface area contributed by atoms with Crippen LogP contribution in [0.3, 0.4) is 0 Å². The Morgan fingerprint density at radius 3 is 2.78 bits per heavy atom. The number of hydrogen-bond acceptors (Lipinski definition) is 5. The van der Waals surface area contributed by atoms with Crippen molar-refractivity contribution < 1.29 is 23.5 Å². The molecule has 0 N–H and O–H groups in total. The van der Waals surface area contributed by atoms with Crippen LogP contribution in [-0.4, -0.2) is 24.6 Å². The van der Waals surface area contributed by atoms with Gasteiger partial charge in [0.25, 0.3) is 0 Å². The smallest absolute Gasteiger partial charge is 0.375 e. The molecular formula is C18H14O5. The Balaban J connectivity index is 1.78. The number of ether oxygens (including phenoxy) is 2. The molecule has 0 amide bonds. The summed E-state index contributed by atoms with van der Waals surface area (Å²) in [5.41, 5.74) is 1.36. The van der Waals surface area contributed by atoms with Gasteiger partial charge in [-0.15, -0.1) is 0 Å². The van der Waals surface area contributed by atoms with Gasteiger partial charge in [0.2, 0.25) is 11.9 Å². The van der Waals surface area contributed by atoms with E-state index in [-0.39, 0.29) is 12.4 Å². The van der Waals surface area contributed by atoms with E-state index in [4.69, 9.17) is 13.9 Å². The van der Waals surface area contributed by atoms with E-state index in [0.717, 1.165) is 16.2 Å². The standard InChI is InChI=1S/C18H14O5/c1-10-12-7-6-11-4-2-3-5-13(11)16(12)23-15(10)18(20)22-14-8-9-21-17(14)19/h2-7,14H,8-9H2,1H3/t14-/m0/s1. The summed E-state index contributed by atoms with van der Waals surface area (Å²) in [6.45, 7) is 2.09. The van der Waals surface area contributed by atoms with Crippen LogP contribution in [0.2, 0.25) is 0 Å². The van der Waals surface area contributed by atoms with Gasteiger partial charge >= 0.3 is 11.9 Å². The van der Waals surface area contributed by atoms with Gasteiger partial charge in [0.1, 0.15) is 5.58 Å². The third-order valence-corrected chi connectivity index (χ3v) is 4.15. The second kappa shape index (κ2) is 5.12. The molecule has 1 atom stereocenters. The summed E-state index contributed by atoms with van der Waals surface area (Å²) >= 11 is 0. The Kier molecular flexibility index (Phi) is 3.08. The van der Waals surface area contributed by atoms with Crippen LogP contribution in [0.5, 0.6) is 0 Å². The minimum Gasteiger partial charge on any atom is -0.463 e. The summed E-state index contributed by atoms with van der Waals surface area (Å²) in [5, 5.41) is 2.84. The zero-order valence-electron chi connectivity index (χ0n) is 12.5. The van der Waals surface area contributed by atoms with Crippen LogP contribution >= 0.6 is 0 Å². The highest BCUT2D eigenvalue weighted by atomic mass is 16.6. The molecule has 0 unspecified atom stereocenters. The Morgan fingerprint density at radius 1 is 1.17 bits per heavy atom. The van der Waals surface area contributed by atoms with Gasteiger partial charge in [-0.05, 0) is 12.3 Å². The summed E-state index contributed by atoms with van der Waals surface area (Å²) in [4.78, 5) is 23.8. The topological polar surface area (TPSA) is 65.7 Å². The number of esters is 2. The average molecular weight is 310 g/mol. The minimum absolute atomic E-state index is 0.135. The van der Waals surface area contributed by atoms with E-state index >= 15 is 0 Å². The zero-order valence-corrected chi connectivity index (χ0v) is 12.5. The molecule has 23 heavy (non-hydrogen) atoms. The molecule has 1 aromatic heterocycles. The average Bonchev–Trinajstić information content (AvgIpc) is 3.11. The molecule has 1 saturated heterocycles. The lowest BCUT2D eigenvalue weighted by Crippen LogP contribution is -2.22. The fraction of sp³-hybridized carbons (Fsp3) is 0.222. The lowest BCUT2D eigenvalue weighted by atomic mass is 10.1. The van der Waals surface area contributed by atoms with E-state index in [1.807, 2.05) is 43.3 Å². The van der Waals surface area contributed by atoms with Gasteiger partial charge in [-0.25, -0.2) is 9.59 Å². The third kappa shape index (κ3) is 2.16. The van der Waals surface area contributed by atoms with Crippen molar-refractivity contribution in [3.63, 3.8) is 0 Å². The maximum absolute atomic E-state index is 12.3. The van der Waals surface area contributed by atoms with Gasteiger partial charge in [-0.3, -0.25) is 0 Å². The van der Waals surface area contributed by atoms with Crippen LogP contribution in [-0.2, 0) is 14.3 Å². The number of cyclic esters (lactones) is 1. The van der Waals surface area contributed by atoms with Gasteiger partial charge in [-0.2, -0.15) is 0 Å². The first-order valence-corrected chi connectivity index (χ1v) is 7.43. The predicted molar refractivity (Wildman–Crippen MR) is 83.2 cm³/mol. The number of furan rings is 1. The molecule has 1 fully saturated rings. The number of aryl methyl sites for hydroxylation is 1. The van der Waals surface area contributed by atoms with E-state index in [1.54, 1.807) is 0 Å². The van der Waals surface area contributed by atoms with E-state index < -0.39 is 18.0 Å². The van der Waals surface area contributed by atoms with Gasteiger partial charge in [0.05, 0.1) is 6.61 Å². The van der Waals surface area contributed by atoms with Crippen molar-refractivity contribution in [2.45, 2.75) is 19.4 Å². The molecule has 1 aliphatic heterocycles. The first-order valence-electron chi connectivity index (χ1n) is 7.43. The highest BCUT2D eigenvalue weighted by Crippen LogP contribution is 2.32. The molecular weight excluding hydrogens is 296 g/mol. The predicted octanol–water partition coefficient (Wildman–Crippen LogP) is 3.37. The number of fused-ring (bicyclic) bond motifs is 3. The summed E-state index contributed by atoms with van der Waals surface area (Å²) in [6.07, 6.45) is -0.459. The molecule has 5 nitrogen and oxygen atoms in total. The molecule has 3 aromatic rings. The Bertz CT molecular complexity index is 937. The molecule has 5 heteroatoms. The maximum atomic E-state index is 12.3. The summed E-state index contributed by atoms with van der Waals surface area (Å²) in [6, 6.07) is 11.7. The zero-order chi connectivity index (χ0) is 16.0.